The van der Waals surface area contributed by atoms with E-state index in [-0.39, 0.29) is 25.5 Å². The number of aliphatic hydroxyl groups is 1. The molecule has 0 aromatic rings. The van der Waals surface area contributed by atoms with Crippen molar-refractivity contribution >= 4 is 13.7 Å². The van der Waals surface area contributed by atoms with Crippen LogP contribution < -0.4 is 11.1 Å². The average Bonchev–Trinajstić information content (AvgIpc) is 2.95. The second-order valence-corrected chi connectivity index (χ2v) is 10.7. The Bertz CT molecular complexity index is 908. The lowest BCUT2D eigenvalue weighted by atomic mass is 10.1. The first-order valence-corrected chi connectivity index (χ1v) is 16.2. The average molecular weight is 593 g/mol. The highest BCUT2D eigenvalue weighted by Gasteiger charge is 2.26. The molecule has 0 saturated carbocycles. The molecule has 0 spiro atoms. The van der Waals surface area contributed by atoms with E-state index >= 15 is 0 Å². The maximum absolute atomic E-state index is 12.5. The van der Waals surface area contributed by atoms with Crippen molar-refractivity contribution in [2.24, 2.45) is 5.73 Å². The number of carbonyl (C=O) groups is 1. The Morgan fingerprint density at radius 3 is 1.90 bits per heavy atom. The number of nitrogens with one attached hydrogen (secondary N) is 1. The second kappa shape index (κ2) is 27.8. The SMILES string of the molecule is CC/C=C\C/C=C\C/C=C\C/C=C\C/C=C\CC(=O)NC(COP(=O)(O)OCCN)C(O)/C=C/CC/C=C/CCC. The minimum Gasteiger partial charge on any atom is -0.387 e. The first kappa shape index (κ1) is 38.7. The number of phosphoric acid groups is 1. The van der Waals surface area contributed by atoms with Crippen molar-refractivity contribution in [2.75, 3.05) is 19.8 Å². The minimum atomic E-state index is -4.35. The first-order valence-electron chi connectivity index (χ1n) is 14.7. The van der Waals surface area contributed by atoms with Crippen molar-refractivity contribution in [3.05, 3.63) is 85.1 Å². The summed E-state index contributed by atoms with van der Waals surface area (Å²) in [6.45, 7) is 3.74. The van der Waals surface area contributed by atoms with E-state index in [9.17, 15) is 19.4 Å². The van der Waals surface area contributed by atoms with E-state index in [0.717, 1.165) is 51.4 Å². The summed E-state index contributed by atoms with van der Waals surface area (Å²) in [5, 5.41) is 13.3. The third-order valence-electron chi connectivity index (χ3n) is 5.46. The Hall–Kier alpha value is -2.32. The van der Waals surface area contributed by atoms with Gasteiger partial charge in [0.2, 0.25) is 5.91 Å². The number of allylic oxidation sites excluding steroid dienone is 12. The van der Waals surface area contributed by atoms with Crippen molar-refractivity contribution in [1.82, 2.24) is 5.32 Å². The van der Waals surface area contributed by atoms with Gasteiger partial charge in [-0.15, -0.1) is 0 Å². The Morgan fingerprint density at radius 2 is 1.34 bits per heavy atom. The van der Waals surface area contributed by atoms with Crippen LogP contribution >= 0.6 is 7.82 Å². The van der Waals surface area contributed by atoms with Gasteiger partial charge in [-0.05, 0) is 51.4 Å². The van der Waals surface area contributed by atoms with E-state index in [2.05, 4.69) is 73.8 Å². The number of rotatable bonds is 25. The molecule has 5 N–H and O–H groups in total. The Labute approximate surface area is 248 Å². The van der Waals surface area contributed by atoms with Gasteiger partial charge in [0, 0.05) is 13.0 Å². The summed E-state index contributed by atoms with van der Waals surface area (Å²) in [7, 11) is -4.35. The molecular weight excluding hydrogens is 539 g/mol. The molecule has 0 rings (SSSR count). The normalized spacial score (nSPS) is 15.9. The molecule has 0 bridgehead atoms. The van der Waals surface area contributed by atoms with Crippen LogP contribution in [-0.2, 0) is 18.4 Å². The number of hydrogen-bond donors (Lipinski definition) is 4. The lowest BCUT2D eigenvalue weighted by molar-refractivity contribution is -0.122. The van der Waals surface area contributed by atoms with Gasteiger partial charge in [-0.2, -0.15) is 0 Å². The van der Waals surface area contributed by atoms with Crippen molar-refractivity contribution in [3.63, 3.8) is 0 Å². The van der Waals surface area contributed by atoms with Gasteiger partial charge >= 0.3 is 7.82 Å². The molecule has 41 heavy (non-hydrogen) atoms. The highest BCUT2D eigenvalue weighted by atomic mass is 31.2. The van der Waals surface area contributed by atoms with E-state index in [1.165, 1.54) is 0 Å². The molecule has 0 heterocycles. The summed E-state index contributed by atoms with van der Waals surface area (Å²) in [6, 6.07) is -0.931. The number of carbonyl (C=O) groups excluding carboxylic acids is 1. The van der Waals surface area contributed by atoms with Crippen LogP contribution in [-0.4, -0.2) is 47.8 Å². The van der Waals surface area contributed by atoms with Crippen LogP contribution in [0.5, 0.6) is 0 Å². The molecule has 1 amide bonds. The zero-order chi connectivity index (χ0) is 30.4. The fourth-order valence-electron chi connectivity index (χ4n) is 3.28. The number of phosphoric ester groups is 1. The molecule has 0 fully saturated rings. The van der Waals surface area contributed by atoms with Crippen LogP contribution in [0.15, 0.2) is 85.1 Å². The van der Waals surface area contributed by atoms with E-state index in [0.29, 0.717) is 6.42 Å². The van der Waals surface area contributed by atoms with Gasteiger partial charge in [0.05, 0.1) is 25.4 Å². The van der Waals surface area contributed by atoms with Gasteiger partial charge in [-0.3, -0.25) is 13.8 Å². The zero-order valence-corrected chi connectivity index (χ0v) is 25.9. The Morgan fingerprint density at radius 1 is 0.805 bits per heavy atom. The number of unbranched alkanes of at least 4 members (excludes halogenated alkanes) is 2. The zero-order valence-electron chi connectivity index (χ0n) is 25.0. The number of amides is 1. The fraction of sp³-hybridized carbons (Fsp3) is 0.531. The molecule has 0 saturated heterocycles. The van der Waals surface area contributed by atoms with Crippen molar-refractivity contribution in [3.8, 4) is 0 Å². The Kier molecular flexibility index (Phi) is 26.3. The minimum absolute atomic E-state index is 0.0549. The molecule has 3 unspecified atom stereocenters. The van der Waals surface area contributed by atoms with Crippen LogP contribution in [0.3, 0.4) is 0 Å². The largest absolute Gasteiger partial charge is 0.472 e. The van der Waals surface area contributed by atoms with Gasteiger partial charge in [0.15, 0.2) is 0 Å². The molecule has 9 heteroatoms. The highest BCUT2D eigenvalue weighted by Crippen LogP contribution is 2.43. The highest BCUT2D eigenvalue weighted by molar-refractivity contribution is 7.47. The fourth-order valence-corrected chi connectivity index (χ4v) is 4.04. The van der Waals surface area contributed by atoms with Gasteiger partial charge < -0.3 is 21.1 Å². The maximum atomic E-state index is 12.5. The van der Waals surface area contributed by atoms with Crippen LogP contribution in [0.25, 0.3) is 0 Å². The number of nitrogens with two attached hydrogens (primary N) is 1. The van der Waals surface area contributed by atoms with Gasteiger partial charge in [0.1, 0.15) is 0 Å². The van der Waals surface area contributed by atoms with Crippen LogP contribution in [0.2, 0.25) is 0 Å². The van der Waals surface area contributed by atoms with Crippen LogP contribution in [0.1, 0.15) is 78.1 Å². The van der Waals surface area contributed by atoms with Crippen molar-refractivity contribution in [1.29, 1.82) is 0 Å². The molecule has 232 valence electrons. The van der Waals surface area contributed by atoms with Crippen molar-refractivity contribution < 1.29 is 28.4 Å². The standard InChI is InChI=1S/C32H53N2O6P/c1-3-5-7-9-11-12-13-14-15-16-17-18-20-22-24-26-32(36)34-30(29-40-41(37,38)39-28-27-33)31(35)25-23-21-19-10-8-6-4-2/h5,7-8,10-12,14-15,17-18,22-25,30-31,35H,3-4,6,9,13,16,19-21,26-29,33H2,1-2H3,(H,34,36)(H,37,38)/b7-5-,10-8+,12-11-,15-14-,18-17-,24-22-,25-23+. The molecular formula is C32H53N2O6P. The second-order valence-electron chi connectivity index (χ2n) is 9.23. The molecule has 0 aliphatic rings. The van der Waals surface area contributed by atoms with Crippen LogP contribution in [0.4, 0.5) is 0 Å². The number of hydrogen-bond acceptors (Lipinski definition) is 6. The lowest BCUT2D eigenvalue weighted by Crippen LogP contribution is -2.45. The molecule has 0 aromatic heterocycles. The third-order valence-corrected chi connectivity index (χ3v) is 6.45. The smallest absolute Gasteiger partial charge is 0.387 e. The third kappa shape index (κ3) is 26.3. The summed E-state index contributed by atoms with van der Waals surface area (Å²) in [5.74, 6) is -0.342. The van der Waals surface area contributed by atoms with E-state index in [1.807, 2.05) is 18.2 Å². The van der Waals surface area contributed by atoms with Crippen LogP contribution in [0, 0.1) is 0 Å². The monoisotopic (exact) mass is 592 g/mol. The summed E-state index contributed by atoms with van der Waals surface area (Å²) in [5.41, 5.74) is 5.30. The van der Waals surface area contributed by atoms with Gasteiger partial charge in [-0.1, -0.05) is 105 Å². The van der Waals surface area contributed by atoms with E-state index in [4.69, 9.17) is 14.8 Å². The molecule has 0 aliphatic heterocycles. The van der Waals surface area contributed by atoms with Gasteiger partial charge in [-0.25, -0.2) is 4.57 Å². The molecule has 0 aliphatic carbocycles. The van der Waals surface area contributed by atoms with Gasteiger partial charge in [0.25, 0.3) is 0 Å². The van der Waals surface area contributed by atoms with Crippen molar-refractivity contribution in [2.45, 2.75) is 90.2 Å². The summed E-state index contributed by atoms with van der Waals surface area (Å²) in [6.07, 6.45) is 35.4. The predicted octanol–water partition coefficient (Wildman–Crippen LogP) is 6.76. The molecule has 8 nitrogen and oxygen atoms in total. The maximum Gasteiger partial charge on any atom is 0.472 e. The number of aliphatic hydroxyl groups excluding tert-OH is 1. The predicted molar refractivity (Wildman–Crippen MR) is 170 cm³/mol. The summed E-state index contributed by atoms with van der Waals surface area (Å²) in [4.78, 5) is 22.3. The topological polar surface area (TPSA) is 131 Å². The molecule has 0 radical (unpaired) electrons. The summed E-state index contributed by atoms with van der Waals surface area (Å²) >= 11 is 0. The molecule has 0 aromatic carbocycles. The Balaban J connectivity index is 4.64. The molecule has 3 atom stereocenters. The van der Waals surface area contributed by atoms with E-state index in [1.54, 1.807) is 12.2 Å². The first-order chi connectivity index (χ1) is 19.9. The van der Waals surface area contributed by atoms with E-state index < -0.39 is 26.6 Å². The quantitative estimate of drug-likeness (QED) is 0.0523. The lowest BCUT2D eigenvalue weighted by Gasteiger charge is -2.23. The summed E-state index contributed by atoms with van der Waals surface area (Å²) < 4.78 is 21.7.